The molecule has 0 saturated carbocycles. The number of amides is 2. The lowest BCUT2D eigenvalue weighted by Crippen LogP contribution is -2.49. The largest absolute Gasteiger partial charge is 0.378 e. The van der Waals surface area contributed by atoms with Crippen LogP contribution in [0.2, 0.25) is 0 Å². The van der Waals surface area contributed by atoms with Gasteiger partial charge in [-0.15, -0.1) is 0 Å². The molecule has 0 N–H and O–H groups in total. The molecular weight excluding hydrogens is 346 g/mol. The molecule has 0 aliphatic carbocycles. The summed E-state index contributed by atoms with van der Waals surface area (Å²) in [7, 11) is 0. The molecule has 7 heteroatoms. The van der Waals surface area contributed by atoms with Gasteiger partial charge in [0.2, 0.25) is 11.8 Å². The normalized spacial score (nSPS) is 34.4. The molecule has 4 atom stereocenters. The van der Waals surface area contributed by atoms with Crippen LogP contribution in [0.15, 0.2) is 36.7 Å². The first-order chi connectivity index (χ1) is 13.2. The summed E-state index contributed by atoms with van der Waals surface area (Å²) in [6, 6.07) is 3.93. The molecule has 1 aromatic rings. The molecule has 2 amide bonds. The third-order valence-electron chi connectivity index (χ3n) is 6.21. The molecule has 3 fully saturated rings. The van der Waals surface area contributed by atoms with E-state index < -0.39 is 17.4 Å². The van der Waals surface area contributed by atoms with Gasteiger partial charge in [-0.3, -0.25) is 14.6 Å². The van der Waals surface area contributed by atoms with Crippen molar-refractivity contribution in [2.24, 2.45) is 11.8 Å². The highest BCUT2D eigenvalue weighted by Gasteiger charge is 2.67. The summed E-state index contributed by atoms with van der Waals surface area (Å²) in [4.78, 5) is 34.0. The minimum Gasteiger partial charge on any atom is -0.378 e. The van der Waals surface area contributed by atoms with Crippen molar-refractivity contribution in [1.29, 1.82) is 0 Å². The fraction of sp³-hybridized carbons (Fsp3) is 0.550. The molecule has 4 aliphatic heterocycles. The average Bonchev–Trinajstić information content (AvgIpc) is 3.35. The zero-order valence-electron chi connectivity index (χ0n) is 15.1. The maximum Gasteiger partial charge on any atom is 0.230 e. The van der Waals surface area contributed by atoms with Crippen molar-refractivity contribution >= 4 is 11.8 Å². The van der Waals surface area contributed by atoms with Gasteiger partial charge in [0.15, 0.2) is 0 Å². The Morgan fingerprint density at radius 1 is 1.26 bits per heavy atom. The summed E-state index contributed by atoms with van der Waals surface area (Å²) in [5.74, 6) is -0.738. The number of carbonyl (C=O) groups is 2. The van der Waals surface area contributed by atoms with Gasteiger partial charge >= 0.3 is 0 Å². The predicted molar refractivity (Wildman–Crippen MR) is 95.6 cm³/mol. The Hall–Kier alpha value is -2.25. The Bertz CT molecular complexity index is 777. The van der Waals surface area contributed by atoms with E-state index >= 15 is 0 Å². The van der Waals surface area contributed by atoms with Gasteiger partial charge in [-0.05, 0) is 24.1 Å². The van der Waals surface area contributed by atoms with Gasteiger partial charge in [-0.25, -0.2) is 0 Å². The first-order valence-corrected chi connectivity index (χ1v) is 9.59. The average molecular weight is 369 g/mol. The minimum absolute atomic E-state index is 0.0314. The summed E-state index contributed by atoms with van der Waals surface area (Å²) >= 11 is 0. The summed E-state index contributed by atoms with van der Waals surface area (Å²) in [5, 5.41) is 0. The third-order valence-corrected chi connectivity index (χ3v) is 6.21. The van der Waals surface area contributed by atoms with Gasteiger partial charge in [-0.1, -0.05) is 12.2 Å². The molecular formula is C20H23N3O4. The van der Waals surface area contributed by atoms with Gasteiger partial charge in [0.25, 0.3) is 0 Å². The van der Waals surface area contributed by atoms with Gasteiger partial charge in [-0.2, -0.15) is 0 Å². The number of nitrogens with zero attached hydrogens (tertiary/aromatic N) is 3. The molecule has 2 bridgehead atoms. The monoisotopic (exact) mass is 369 g/mol. The Balaban J connectivity index is 1.33. The van der Waals surface area contributed by atoms with Crippen LogP contribution in [0.25, 0.3) is 0 Å². The lowest BCUT2D eigenvalue weighted by Gasteiger charge is -2.32. The maximum absolute atomic E-state index is 13.2. The van der Waals surface area contributed by atoms with Gasteiger partial charge < -0.3 is 19.3 Å². The number of carbonyl (C=O) groups excluding carboxylic acids is 2. The van der Waals surface area contributed by atoms with Crippen molar-refractivity contribution in [3.05, 3.63) is 42.2 Å². The van der Waals surface area contributed by atoms with E-state index in [9.17, 15) is 9.59 Å². The molecule has 5 rings (SSSR count). The Kier molecular flexibility index (Phi) is 4.02. The van der Waals surface area contributed by atoms with Crippen LogP contribution in [0.3, 0.4) is 0 Å². The molecule has 142 valence electrons. The highest BCUT2D eigenvalue weighted by molar-refractivity contribution is 5.93. The van der Waals surface area contributed by atoms with E-state index in [0.29, 0.717) is 39.4 Å². The van der Waals surface area contributed by atoms with Gasteiger partial charge in [0, 0.05) is 32.0 Å². The SMILES string of the molecule is O=C([C@H]1[C@@H]2C=C[C@@]3(CN(CCc4ccncc4)C(=O)[C@@H]13)O2)N1CCOCC1. The first kappa shape index (κ1) is 16.9. The second-order valence-corrected chi connectivity index (χ2v) is 7.70. The first-order valence-electron chi connectivity index (χ1n) is 9.59. The van der Waals surface area contributed by atoms with E-state index in [-0.39, 0.29) is 17.9 Å². The molecule has 7 nitrogen and oxygen atoms in total. The van der Waals surface area contributed by atoms with Crippen LogP contribution in [-0.4, -0.2) is 77.7 Å². The number of fused-ring (bicyclic) bond motifs is 1. The number of ether oxygens (including phenoxy) is 2. The van der Waals surface area contributed by atoms with Gasteiger partial charge in [0.05, 0.1) is 37.7 Å². The van der Waals surface area contributed by atoms with Crippen LogP contribution in [0.1, 0.15) is 5.56 Å². The molecule has 5 heterocycles. The number of hydrogen-bond donors (Lipinski definition) is 0. The van der Waals surface area contributed by atoms with E-state index in [1.807, 2.05) is 34.1 Å². The maximum atomic E-state index is 13.2. The molecule has 1 spiro atoms. The van der Waals surface area contributed by atoms with Crippen molar-refractivity contribution in [3.63, 3.8) is 0 Å². The number of morpholine rings is 1. The second kappa shape index (κ2) is 6.42. The highest BCUT2D eigenvalue weighted by Crippen LogP contribution is 2.52. The summed E-state index contributed by atoms with van der Waals surface area (Å²) < 4.78 is 11.6. The summed E-state index contributed by atoms with van der Waals surface area (Å²) in [6.45, 7) is 3.45. The van der Waals surface area contributed by atoms with Crippen LogP contribution in [0, 0.1) is 11.8 Å². The topological polar surface area (TPSA) is 72.0 Å². The van der Waals surface area contributed by atoms with E-state index in [1.165, 1.54) is 0 Å². The Morgan fingerprint density at radius 3 is 2.81 bits per heavy atom. The fourth-order valence-electron chi connectivity index (χ4n) is 4.86. The number of hydrogen-bond acceptors (Lipinski definition) is 5. The van der Waals surface area contributed by atoms with Crippen molar-refractivity contribution < 1.29 is 19.1 Å². The number of pyridine rings is 1. The van der Waals surface area contributed by atoms with E-state index in [1.54, 1.807) is 12.4 Å². The lowest BCUT2D eigenvalue weighted by atomic mass is 9.76. The lowest BCUT2D eigenvalue weighted by molar-refractivity contribution is -0.146. The molecule has 27 heavy (non-hydrogen) atoms. The summed E-state index contributed by atoms with van der Waals surface area (Å²) in [6.07, 6.45) is 8.00. The quantitative estimate of drug-likeness (QED) is 0.713. The van der Waals surface area contributed by atoms with E-state index in [4.69, 9.17) is 9.47 Å². The van der Waals surface area contributed by atoms with Crippen molar-refractivity contribution in [2.45, 2.75) is 18.1 Å². The van der Waals surface area contributed by atoms with Crippen LogP contribution in [0.4, 0.5) is 0 Å². The molecule has 4 aliphatic rings. The van der Waals surface area contributed by atoms with Gasteiger partial charge in [0.1, 0.15) is 5.60 Å². The van der Waals surface area contributed by atoms with Crippen LogP contribution >= 0.6 is 0 Å². The Labute approximate surface area is 157 Å². The smallest absolute Gasteiger partial charge is 0.230 e. The van der Waals surface area contributed by atoms with Crippen LogP contribution in [0.5, 0.6) is 0 Å². The Morgan fingerprint density at radius 2 is 2.04 bits per heavy atom. The zero-order chi connectivity index (χ0) is 18.4. The van der Waals surface area contributed by atoms with Crippen molar-refractivity contribution in [1.82, 2.24) is 14.8 Å². The van der Waals surface area contributed by atoms with Crippen molar-refractivity contribution in [2.75, 3.05) is 39.4 Å². The number of likely N-dealkylation sites (tertiary alicyclic amines) is 1. The standard InChI is InChI=1S/C20H23N3O4/c24-18(22-9-11-26-12-10-22)16-15-1-5-20(27-15)13-23(19(25)17(16)20)8-4-14-2-6-21-7-3-14/h1-3,5-7,15-17H,4,8-13H2/t15-,16-,17+,20-/m0/s1. The number of rotatable bonds is 4. The molecule has 1 aromatic heterocycles. The summed E-state index contributed by atoms with van der Waals surface area (Å²) in [5.41, 5.74) is 0.515. The molecule has 3 saturated heterocycles. The molecule has 0 aromatic carbocycles. The van der Waals surface area contributed by atoms with Crippen LogP contribution in [-0.2, 0) is 25.5 Å². The molecule has 0 unspecified atom stereocenters. The van der Waals surface area contributed by atoms with E-state index in [0.717, 1.165) is 12.0 Å². The minimum atomic E-state index is -0.632. The second-order valence-electron chi connectivity index (χ2n) is 7.70. The molecule has 0 radical (unpaired) electrons. The zero-order valence-corrected chi connectivity index (χ0v) is 15.1. The van der Waals surface area contributed by atoms with Crippen molar-refractivity contribution in [3.8, 4) is 0 Å². The van der Waals surface area contributed by atoms with E-state index in [2.05, 4.69) is 4.98 Å². The third kappa shape index (κ3) is 2.68. The fourth-order valence-corrected chi connectivity index (χ4v) is 4.86. The highest BCUT2D eigenvalue weighted by atomic mass is 16.5. The number of aromatic nitrogens is 1. The van der Waals surface area contributed by atoms with Crippen LogP contribution < -0.4 is 0 Å². The predicted octanol–water partition coefficient (Wildman–Crippen LogP) is 0.265.